The molecule has 1 unspecified atom stereocenters. The molecule has 7 heteroatoms. The number of rotatable bonds is 5. The molecule has 0 aliphatic carbocycles. The minimum atomic E-state index is -4.59. The van der Waals surface area contributed by atoms with Gasteiger partial charge >= 0.3 is 12.3 Å². The summed E-state index contributed by atoms with van der Waals surface area (Å²) >= 11 is 0. The maximum atomic E-state index is 12.5. The lowest BCUT2D eigenvalue weighted by atomic mass is 10.1. The van der Waals surface area contributed by atoms with Crippen LogP contribution >= 0.6 is 0 Å². The van der Waals surface area contributed by atoms with Gasteiger partial charge in [0.2, 0.25) is 0 Å². The molecular weight excluding hydrogens is 228 g/mol. The fourth-order valence-corrected chi connectivity index (χ4v) is 1.58. The summed E-state index contributed by atoms with van der Waals surface area (Å²) in [5.41, 5.74) is 0. The standard InChI is InChI=1S/C9H14F4N2O/c10-7(11)9(12,13)8(16)15-5-3-6-2-1-4-14-6/h6-7,14H,1-5H2,(H,15,16). The highest BCUT2D eigenvalue weighted by Crippen LogP contribution is 2.22. The van der Waals surface area contributed by atoms with Crippen molar-refractivity contribution < 1.29 is 22.4 Å². The summed E-state index contributed by atoms with van der Waals surface area (Å²) in [6, 6.07) is 0.181. The average Bonchev–Trinajstić information content (AvgIpc) is 2.70. The van der Waals surface area contributed by atoms with Crippen LogP contribution < -0.4 is 10.6 Å². The number of halogens is 4. The zero-order chi connectivity index (χ0) is 12.2. The molecule has 0 aromatic rings. The van der Waals surface area contributed by atoms with E-state index in [1.165, 1.54) is 0 Å². The topological polar surface area (TPSA) is 41.1 Å². The van der Waals surface area contributed by atoms with Crippen LogP contribution in [0.15, 0.2) is 0 Å². The van der Waals surface area contributed by atoms with Gasteiger partial charge in [-0.3, -0.25) is 4.79 Å². The predicted molar refractivity (Wildman–Crippen MR) is 49.6 cm³/mol. The van der Waals surface area contributed by atoms with Crippen molar-refractivity contribution in [3.8, 4) is 0 Å². The smallest absolute Gasteiger partial charge is 0.351 e. The van der Waals surface area contributed by atoms with E-state index in [4.69, 9.17) is 0 Å². The molecule has 0 saturated carbocycles. The van der Waals surface area contributed by atoms with E-state index >= 15 is 0 Å². The second kappa shape index (κ2) is 5.47. The van der Waals surface area contributed by atoms with Crippen LogP contribution in [-0.4, -0.2) is 37.4 Å². The minimum Gasteiger partial charge on any atom is -0.351 e. The fraction of sp³-hybridized carbons (Fsp3) is 0.889. The Morgan fingerprint density at radius 3 is 2.69 bits per heavy atom. The third-order valence-corrected chi connectivity index (χ3v) is 2.52. The molecule has 1 heterocycles. The van der Waals surface area contributed by atoms with E-state index < -0.39 is 18.3 Å². The molecular formula is C9H14F4N2O. The number of amides is 1. The molecule has 0 aromatic carbocycles. The highest BCUT2D eigenvalue weighted by atomic mass is 19.3. The number of carbonyl (C=O) groups excluding carboxylic acids is 1. The second-order valence-electron chi connectivity index (χ2n) is 3.76. The Bertz CT molecular complexity index is 242. The van der Waals surface area contributed by atoms with Gasteiger partial charge in [-0.1, -0.05) is 0 Å². The van der Waals surface area contributed by atoms with E-state index in [1.54, 1.807) is 0 Å². The van der Waals surface area contributed by atoms with Crippen LogP contribution in [0.3, 0.4) is 0 Å². The van der Waals surface area contributed by atoms with Crippen LogP contribution in [0.4, 0.5) is 17.6 Å². The summed E-state index contributed by atoms with van der Waals surface area (Å²) < 4.78 is 48.5. The Kier molecular flexibility index (Phi) is 4.52. The molecule has 2 N–H and O–H groups in total. The number of alkyl halides is 4. The van der Waals surface area contributed by atoms with E-state index in [1.807, 2.05) is 5.32 Å². The molecule has 1 saturated heterocycles. The van der Waals surface area contributed by atoms with E-state index in [-0.39, 0.29) is 12.6 Å². The maximum Gasteiger partial charge on any atom is 0.383 e. The Labute approximate surface area is 90.6 Å². The van der Waals surface area contributed by atoms with Gasteiger partial charge in [0, 0.05) is 12.6 Å². The summed E-state index contributed by atoms with van der Waals surface area (Å²) in [6.07, 6.45) is -1.56. The number of carbonyl (C=O) groups is 1. The lowest BCUT2D eigenvalue weighted by Gasteiger charge is -2.16. The third-order valence-electron chi connectivity index (χ3n) is 2.52. The number of nitrogens with one attached hydrogen (secondary N) is 2. The highest BCUT2D eigenvalue weighted by molar-refractivity contribution is 5.83. The van der Waals surface area contributed by atoms with Gasteiger partial charge < -0.3 is 10.6 Å². The molecule has 0 bridgehead atoms. The van der Waals surface area contributed by atoms with Crippen LogP contribution in [0.25, 0.3) is 0 Å². The molecule has 16 heavy (non-hydrogen) atoms. The molecule has 1 aliphatic heterocycles. The molecule has 0 radical (unpaired) electrons. The SMILES string of the molecule is O=C(NCCC1CCCN1)C(F)(F)C(F)F. The van der Waals surface area contributed by atoms with E-state index in [2.05, 4.69) is 5.32 Å². The van der Waals surface area contributed by atoms with Crippen molar-refractivity contribution in [2.45, 2.75) is 37.7 Å². The molecule has 0 aromatic heterocycles. The van der Waals surface area contributed by atoms with E-state index in [9.17, 15) is 22.4 Å². The number of hydrogen-bond acceptors (Lipinski definition) is 2. The zero-order valence-electron chi connectivity index (χ0n) is 8.61. The maximum absolute atomic E-state index is 12.5. The first kappa shape index (κ1) is 13.2. The van der Waals surface area contributed by atoms with Crippen LogP contribution in [0.1, 0.15) is 19.3 Å². The van der Waals surface area contributed by atoms with Gasteiger partial charge in [0.25, 0.3) is 5.91 Å². The van der Waals surface area contributed by atoms with Gasteiger partial charge in [0.15, 0.2) is 0 Å². The fourth-order valence-electron chi connectivity index (χ4n) is 1.58. The van der Waals surface area contributed by atoms with Crippen molar-refractivity contribution in [1.29, 1.82) is 0 Å². The summed E-state index contributed by atoms with van der Waals surface area (Å²) in [7, 11) is 0. The van der Waals surface area contributed by atoms with Crippen LogP contribution in [0.5, 0.6) is 0 Å². The Hall–Kier alpha value is -0.850. The largest absolute Gasteiger partial charge is 0.383 e. The Balaban J connectivity index is 2.24. The van der Waals surface area contributed by atoms with Gasteiger partial charge in [-0.15, -0.1) is 0 Å². The van der Waals surface area contributed by atoms with E-state index in [0.29, 0.717) is 6.42 Å². The first-order valence-electron chi connectivity index (χ1n) is 5.12. The van der Waals surface area contributed by atoms with Gasteiger partial charge in [-0.05, 0) is 25.8 Å². The van der Waals surface area contributed by atoms with Crippen molar-refractivity contribution in [3.63, 3.8) is 0 Å². The third kappa shape index (κ3) is 3.33. The van der Waals surface area contributed by atoms with Gasteiger partial charge in [-0.25, -0.2) is 8.78 Å². The molecule has 94 valence electrons. The zero-order valence-corrected chi connectivity index (χ0v) is 8.61. The summed E-state index contributed by atoms with van der Waals surface area (Å²) in [6.45, 7) is 0.852. The molecule has 0 spiro atoms. The van der Waals surface area contributed by atoms with Crippen LogP contribution in [0.2, 0.25) is 0 Å². The molecule has 1 atom stereocenters. The molecule has 1 aliphatic rings. The highest BCUT2D eigenvalue weighted by Gasteiger charge is 2.48. The van der Waals surface area contributed by atoms with Gasteiger partial charge in [-0.2, -0.15) is 8.78 Å². The van der Waals surface area contributed by atoms with Crippen LogP contribution in [0, 0.1) is 0 Å². The monoisotopic (exact) mass is 242 g/mol. The predicted octanol–water partition coefficient (Wildman–Crippen LogP) is 1.15. The molecule has 1 fully saturated rings. The van der Waals surface area contributed by atoms with Crippen LogP contribution in [-0.2, 0) is 4.79 Å². The first-order chi connectivity index (χ1) is 7.44. The molecule has 1 amide bonds. The lowest BCUT2D eigenvalue weighted by Crippen LogP contribution is -2.46. The molecule has 1 rings (SSSR count). The quantitative estimate of drug-likeness (QED) is 0.710. The molecule has 3 nitrogen and oxygen atoms in total. The van der Waals surface area contributed by atoms with Crippen molar-refractivity contribution >= 4 is 5.91 Å². The lowest BCUT2D eigenvalue weighted by molar-refractivity contribution is -0.169. The van der Waals surface area contributed by atoms with Gasteiger partial charge in [0.1, 0.15) is 0 Å². The van der Waals surface area contributed by atoms with Gasteiger partial charge in [0.05, 0.1) is 0 Å². The summed E-state index contributed by atoms with van der Waals surface area (Å²) in [5, 5.41) is 4.93. The Morgan fingerprint density at radius 1 is 1.50 bits per heavy atom. The van der Waals surface area contributed by atoms with Crippen molar-refractivity contribution in [2.24, 2.45) is 0 Å². The summed E-state index contributed by atoms with van der Waals surface area (Å²) in [4.78, 5) is 10.7. The van der Waals surface area contributed by atoms with Crippen molar-refractivity contribution in [2.75, 3.05) is 13.1 Å². The van der Waals surface area contributed by atoms with Crippen molar-refractivity contribution in [1.82, 2.24) is 10.6 Å². The summed E-state index contributed by atoms with van der Waals surface area (Å²) in [5.74, 6) is -6.50. The first-order valence-corrected chi connectivity index (χ1v) is 5.12. The Morgan fingerprint density at radius 2 is 2.19 bits per heavy atom. The normalized spacial score (nSPS) is 21.4. The van der Waals surface area contributed by atoms with E-state index in [0.717, 1.165) is 19.4 Å². The average molecular weight is 242 g/mol. The van der Waals surface area contributed by atoms with Crippen molar-refractivity contribution in [3.05, 3.63) is 0 Å². The second-order valence-corrected chi connectivity index (χ2v) is 3.76. The number of hydrogen-bond donors (Lipinski definition) is 2. The minimum absolute atomic E-state index is 0.0151.